The number of hydrogen-bond donors (Lipinski definition) is 0. The molecule has 0 bridgehead atoms. The Morgan fingerprint density at radius 2 is 0.568 bits per heavy atom. The highest BCUT2D eigenvalue weighted by atomic mass is 14.7. The lowest BCUT2D eigenvalue weighted by Gasteiger charge is -2.11. The lowest BCUT2D eigenvalue weighted by atomic mass is 9.97. The van der Waals surface area contributed by atoms with Gasteiger partial charge in [0.05, 0.1) is 22.4 Å². The highest BCUT2D eigenvalue weighted by molar-refractivity contribution is 5.92. The predicted octanol–water partition coefficient (Wildman–Crippen LogP) is 11.1. The predicted molar refractivity (Wildman–Crippen MR) is 185 cm³/mol. The summed E-state index contributed by atoms with van der Waals surface area (Å²) in [6.07, 6.45) is 0. The van der Waals surface area contributed by atoms with E-state index in [-0.39, 0.29) is 0 Å². The summed E-state index contributed by atoms with van der Waals surface area (Å²) in [4.78, 5) is 9.84. The molecule has 0 spiro atoms. The Hall–Kier alpha value is -5.86. The fourth-order valence-electron chi connectivity index (χ4n) is 5.54. The molecule has 0 atom stereocenters. The van der Waals surface area contributed by atoms with Crippen molar-refractivity contribution < 1.29 is 0 Å². The van der Waals surface area contributed by atoms with Gasteiger partial charge in [-0.05, 0) is 35.4 Å². The van der Waals surface area contributed by atoms with Crippen LogP contribution in [0.15, 0.2) is 182 Å². The van der Waals surface area contributed by atoms with E-state index in [2.05, 4.69) is 146 Å². The Morgan fingerprint density at radius 3 is 0.932 bits per heavy atom. The zero-order chi connectivity index (χ0) is 29.6. The molecule has 0 aliphatic carbocycles. The largest absolute Gasteiger partial charge is 0.247 e. The van der Waals surface area contributed by atoms with Crippen LogP contribution in [0, 0.1) is 0 Å². The maximum absolute atomic E-state index is 4.92. The average Bonchev–Trinajstić information content (AvgIpc) is 3.12. The summed E-state index contributed by atoms with van der Waals surface area (Å²) >= 11 is 0. The van der Waals surface area contributed by atoms with Gasteiger partial charge in [-0.3, -0.25) is 0 Å². The molecule has 0 aliphatic rings. The van der Waals surface area contributed by atoms with Crippen molar-refractivity contribution in [2.45, 2.75) is 0 Å². The lowest BCUT2D eigenvalue weighted by molar-refractivity contribution is 1.39. The molecule has 208 valence electrons. The average molecular weight is 563 g/mol. The van der Waals surface area contributed by atoms with Crippen LogP contribution in [0.25, 0.3) is 66.6 Å². The van der Waals surface area contributed by atoms with Gasteiger partial charge in [-0.2, -0.15) is 0 Å². The van der Waals surface area contributed by atoms with Gasteiger partial charge in [0.25, 0.3) is 0 Å². The fraction of sp³-hybridized carbons (Fsp3) is 0. The summed E-state index contributed by atoms with van der Waals surface area (Å²) in [6, 6.07) is 62.7. The van der Waals surface area contributed by atoms with Crippen LogP contribution in [0.4, 0.5) is 0 Å². The minimum Gasteiger partial charge on any atom is -0.247 e. The van der Waals surface area contributed by atoms with Crippen LogP contribution < -0.4 is 0 Å². The second-order valence-electron chi connectivity index (χ2n) is 10.6. The highest BCUT2D eigenvalue weighted by Gasteiger charge is 2.12. The minimum absolute atomic E-state index is 1.03. The molecule has 0 amide bonds. The number of hydrogen-bond acceptors (Lipinski definition) is 2. The number of benzene rings is 6. The van der Waals surface area contributed by atoms with Gasteiger partial charge in [-0.25, -0.2) is 9.97 Å². The molecule has 0 saturated carbocycles. The number of fused-ring (bicyclic) bond motifs is 2. The first-order valence-corrected chi connectivity index (χ1v) is 14.8. The second-order valence-corrected chi connectivity index (χ2v) is 10.6. The van der Waals surface area contributed by atoms with E-state index in [0.29, 0.717) is 0 Å². The molecule has 0 aliphatic heterocycles. The molecule has 0 N–H and O–H groups in total. The van der Waals surface area contributed by atoms with Crippen molar-refractivity contribution >= 4 is 21.8 Å². The van der Waals surface area contributed by atoms with Crippen LogP contribution in [0.5, 0.6) is 0 Å². The smallest absolute Gasteiger partial charge is 0.0788 e. The van der Waals surface area contributed by atoms with E-state index in [1.54, 1.807) is 0 Å². The first-order valence-electron chi connectivity index (χ1n) is 14.8. The van der Waals surface area contributed by atoms with Crippen molar-refractivity contribution in [1.29, 1.82) is 0 Å². The molecule has 2 heterocycles. The number of para-hydroxylation sites is 2. The number of rotatable bonds is 4. The molecule has 2 aromatic heterocycles. The standard InChI is InChI=1S/2C21H15N/c2*1-3-9-16(10-4-1)19-15-18-13-7-8-14-20(18)22-21(19)17-11-5-2-6-12-17/h2*1-15H. The molecule has 8 rings (SSSR count). The summed E-state index contributed by atoms with van der Waals surface area (Å²) in [5.74, 6) is 0. The van der Waals surface area contributed by atoms with Gasteiger partial charge in [0, 0.05) is 33.0 Å². The van der Waals surface area contributed by atoms with E-state index in [4.69, 9.17) is 9.97 Å². The van der Waals surface area contributed by atoms with Crippen molar-refractivity contribution in [1.82, 2.24) is 9.97 Å². The van der Waals surface area contributed by atoms with Gasteiger partial charge >= 0.3 is 0 Å². The van der Waals surface area contributed by atoms with Gasteiger partial charge in [0.15, 0.2) is 0 Å². The van der Waals surface area contributed by atoms with Crippen LogP contribution in [-0.4, -0.2) is 9.97 Å². The lowest BCUT2D eigenvalue weighted by Crippen LogP contribution is -1.91. The molecular weight excluding hydrogens is 532 g/mol. The van der Waals surface area contributed by atoms with E-state index in [9.17, 15) is 0 Å². The third-order valence-corrected chi connectivity index (χ3v) is 7.71. The van der Waals surface area contributed by atoms with Gasteiger partial charge in [0.1, 0.15) is 0 Å². The quantitative estimate of drug-likeness (QED) is 0.213. The van der Waals surface area contributed by atoms with Crippen LogP contribution in [0.1, 0.15) is 0 Å². The first-order chi connectivity index (χ1) is 21.8. The van der Waals surface area contributed by atoms with Gasteiger partial charge < -0.3 is 0 Å². The molecule has 8 aromatic rings. The van der Waals surface area contributed by atoms with Crippen LogP contribution in [0.2, 0.25) is 0 Å². The molecular formula is C42H30N2. The third-order valence-electron chi connectivity index (χ3n) is 7.71. The van der Waals surface area contributed by atoms with E-state index in [1.165, 1.54) is 33.0 Å². The van der Waals surface area contributed by atoms with Gasteiger partial charge in [-0.15, -0.1) is 0 Å². The molecule has 0 unspecified atom stereocenters. The summed E-state index contributed by atoms with van der Waals surface area (Å²) < 4.78 is 0. The summed E-state index contributed by atoms with van der Waals surface area (Å²) in [5.41, 5.74) is 11.1. The Labute approximate surface area is 258 Å². The number of pyridine rings is 2. The monoisotopic (exact) mass is 562 g/mol. The highest BCUT2D eigenvalue weighted by Crippen LogP contribution is 2.34. The van der Waals surface area contributed by atoms with Crippen molar-refractivity contribution in [2.24, 2.45) is 0 Å². The van der Waals surface area contributed by atoms with Gasteiger partial charge in [-0.1, -0.05) is 158 Å². The third kappa shape index (κ3) is 5.74. The Morgan fingerprint density at radius 1 is 0.273 bits per heavy atom. The topological polar surface area (TPSA) is 25.8 Å². The normalized spacial score (nSPS) is 10.7. The Kier molecular flexibility index (Phi) is 7.71. The maximum Gasteiger partial charge on any atom is 0.0788 e. The number of aromatic nitrogens is 2. The van der Waals surface area contributed by atoms with E-state index in [0.717, 1.165) is 33.5 Å². The molecule has 2 heteroatoms. The zero-order valence-electron chi connectivity index (χ0n) is 24.2. The summed E-state index contributed by atoms with van der Waals surface area (Å²) in [5, 5.41) is 2.34. The van der Waals surface area contributed by atoms with E-state index in [1.807, 2.05) is 36.4 Å². The minimum atomic E-state index is 1.03. The first kappa shape index (κ1) is 27.0. The zero-order valence-corrected chi connectivity index (χ0v) is 24.2. The molecule has 2 nitrogen and oxygen atoms in total. The Bertz CT molecular complexity index is 1830. The molecule has 0 radical (unpaired) electrons. The van der Waals surface area contributed by atoms with Crippen molar-refractivity contribution in [3.8, 4) is 44.8 Å². The van der Waals surface area contributed by atoms with Crippen LogP contribution in [-0.2, 0) is 0 Å². The van der Waals surface area contributed by atoms with Crippen molar-refractivity contribution in [3.05, 3.63) is 182 Å². The summed E-state index contributed by atoms with van der Waals surface area (Å²) in [7, 11) is 0. The van der Waals surface area contributed by atoms with Crippen LogP contribution in [0.3, 0.4) is 0 Å². The molecule has 44 heavy (non-hydrogen) atoms. The fourth-order valence-corrected chi connectivity index (χ4v) is 5.54. The van der Waals surface area contributed by atoms with E-state index >= 15 is 0 Å². The SMILES string of the molecule is c1ccc(-c2cc3ccccc3nc2-c2ccccc2)cc1.c1ccc(-c2cc3ccccc3nc2-c2ccccc2)cc1. The maximum atomic E-state index is 4.92. The van der Waals surface area contributed by atoms with Crippen molar-refractivity contribution in [2.75, 3.05) is 0 Å². The number of nitrogens with zero attached hydrogens (tertiary/aromatic N) is 2. The molecule has 0 saturated heterocycles. The second kappa shape index (κ2) is 12.6. The molecule has 6 aromatic carbocycles. The Balaban J connectivity index is 0.000000142. The van der Waals surface area contributed by atoms with E-state index < -0.39 is 0 Å². The molecule has 0 fully saturated rings. The summed E-state index contributed by atoms with van der Waals surface area (Å²) in [6.45, 7) is 0. The van der Waals surface area contributed by atoms with Crippen molar-refractivity contribution in [3.63, 3.8) is 0 Å². The van der Waals surface area contributed by atoms with Gasteiger partial charge in [0.2, 0.25) is 0 Å². The van der Waals surface area contributed by atoms with Crippen LogP contribution >= 0.6 is 0 Å².